The van der Waals surface area contributed by atoms with Crippen LogP contribution in [0.5, 0.6) is 5.75 Å². The summed E-state index contributed by atoms with van der Waals surface area (Å²) in [5.41, 5.74) is 3.08. The van der Waals surface area contributed by atoms with Crippen molar-refractivity contribution >= 4 is 21.6 Å². The lowest BCUT2D eigenvalue weighted by atomic mass is 10.0. The molecule has 0 heterocycles. The third-order valence-corrected chi connectivity index (χ3v) is 6.81. The van der Waals surface area contributed by atoms with Crippen LogP contribution in [-0.2, 0) is 10.0 Å². The molecule has 1 N–H and O–H groups in total. The van der Waals surface area contributed by atoms with E-state index in [0.29, 0.717) is 17.8 Å². The zero-order chi connectivity index (χ0) is 21.6. The van der Waals surface area contributed by atoms with Gasteiger partial charge in [0.2, 0.25) is 10.0 Å². The van der Waals surface area contributed by atoms with E-state index < -0.39 is 10.0 Å². The highest BCUT2D eigenvalue weighted by molar-refractivity contribution is 7.92. The molecule has 0 aromatic heterocycles. The van der Waals surface area contributed by atoms with Gasteiger partial charge >= 0.3 is 0 Å². The number of carbonyl (C=O) groups excluding carboxylic acids is 1. The molecular formula is C22H30N2O4S. The quantitative estimate of drug-likeness (QED) is 0.666. The van der Waals surface area contributed by atoms with Gasteiger partial charge in [0, 0.05) is 12.1 Å². The maximum absolute atomic E-state index is 12.7. The number of hydrogen-bond donors (Lipinski definition) is 1. The molecule has 0 saturated carbocycles. The van der Waals surface area contributed by atoms with Gasteiger partial charge < -0.3 is 10.1 Å². The van der Waals surface area contributed by atoms with Gasteiger partial charge in [0.1, 0.15) is 5.75 Å². The first-order valence-electron chi connectivity index (χ1n) is 9.83. The molecule has 2 aromatic rings. The first-order chi connectivity index (χ1) is 13.8. The molecule has 1 atom stereocenters. The van der Waals surface area contributed by atoms with Gasteiger partial charge in [-0.25, -0.2) is 8.42 Å². The maximum atomic E-state index is 12.7. The smallest absolute Gasteiger partial charge is 0.251 e. The van der Waals surface area contributed by atoms with Gasteiger partial charge in [-0.2, -0.15) is 0 Å². The van der Waals surface area contributed by atoms with Crippen molar-refractivity contribution in [3.05, 3.63) is 59.2 Å². The zero-order valence-corrected chi connectivity index (χ0v) is 18.5. The number of anilines is 1. The highest BCUT2D eigenvalue weighted by atomic mass is 32.2. The summed E-state index contributed by atoms with van der Waals surface area (Å²) in [6.45, 7) is 7.74. The number of methoxy groups -OCH3 is 1. The highest BCUT2D eigenvalue weighted by Crippen LogP contribution is 2.25. The number of carbonyl (C=O) groups is 1. The van der Waals surface area contributed by atoms with Crippen LogP contribution in [0.4, 0.5) is 5.69 Å². The average Bonchev–Trinajstić information content (AvgIpc) is 2.72. The lowest BCUT2D eigenvalue weighted by Crippen LogP contribution is -2.32. The second-order valence-corrected chi connectivity index (χ2v) is 8.96. The lowest BCUT2D eigenvalue weighted by Gasteiger charge is -2.22. The molecule has 0 aliphatic carbocycles. The van der Waals surface area contributed by atoms with Crippen LogP contribution in [0.15, 0.2) is 42.5 Å². The SMILES string of the molecule is CCC(NC(=O)c1ccc(N(CC)S(=O)(=O)CC)cc1)c1ccc(OC)c(C)c1. The number of hydrogen-bond acceptors (Lipinski definition) is 4. The van der Waals surface area contributed by atoms with Gasteiger partial charge in [0.05, 0.1) is 24.6 Å². The number of ether oxygens (including phenoxy) is 1. The van der Waals surface area contributed by atoms with Crippen LogP contribution in [0, 0.1) is 6.92 Å². The fourth-order valence-corrected chi connectivity index (χ4v) is 4.40. The van der Waals surface area contributed by atoms with Crippen molar-refractivity contribution < 1.29 is 17.9 Å². The normalized spacial score (nSPS) is 12.3. The van der Waals surface area contributed by atoms with Crippen molar-refractivity contribution in [3.63, 3.8) is 0 Å². The van der Waals surface area contributed by atoms with Crippen molar-refractivity contribution in [2.75, 3.05) is 23.7 Å². The number of nitrogens with zero attached hydrogens (tertiary/aromatic N) is 1. The highest BCUT2D eigenvalue weighted by Gasteiger charge is 2.20. The number of nitrogens with one attached hydrogen (secondary N) is 1. The van der Waals surface area contributed by atoms with E-state index in [1.165, 1.54) is 4.31 Å². The van der Waals surface area contributed by atoms with E-state index in [0.717, 1.165) is 23.3 Å². The molecule has 2 aromatic carbocycles. The molecule has 0 aliphatic heterocycles. The Hall–Kier alpha value is -2.54. The molecular weight excluding hydrogens is 388 g/mol. The largest absolute Gasteiger partial charge is 0.496 e. The number of aryl methyl sites for hydroxylation is 1. The predicted molar refractivity (Wildman–Crippen MR) is 117 cm³/mol. The molecule has 2 rings (SSSR count). The summed E-state index contributed by atoms with van der Waals surface area (Å²) >= 11 is 0. The summed E-state index contributed by atoms with van der Waals surface area (Å²) in [6.07, 6.45) is 0.744. The van der Waals surface area contributed by atoms with E-state index in [2.05, 4.69) is 5.32 Å². The van der Waals surface area contributed by atoms with E-state index in [4.69, 9.17) is 4.74 Å². The molecule has 0 saturated heterocycles. The molecule has 0 spiro atoms. The van der Waals surface area contributed by atoms with Crippen LogP contribution < -0.4 is 14.4 Å². The van der Waals surface area contributed by atoms with Crippen LogP contribution in [0.25, 0.3) is 0 Å². The second-order valence-electron chi connectivity index (χ2n) is 6.78. The lowest BCUT2D eigenvalue weighted by molar-refractivity contribution is 0.0935. The Labute approximate surface area is 173 Å². The minimum Gasteiger partial charge on any atom is -0.496 e. The Morgan fingerprint density at radius 1 is 1.10 bits per heavy atom. The summed E-state index contributed by atoms with van der Waals surface area (Å²) in [6, 6.07) is 12.4. The van der Waals surface area contributed by atoms with E-state index in [-0.39, 0.29) is 17.7 Å². The van der Waals surface area contributed by atoms with Crippen molar-refractivity contribution in [2.45, 2.75) is 40.2 Å². The van der Waals surface area contributed by atoms with Gasteiger partial charge in [-0.3, -0.25) is 9.10 Å². The van der Waals surface area contributed by atoms with Gasteiger partial charge in [-0.1, -0.05) is 19.1 Å². The zero-order valence-electron chi connectivity index (χ0n) is 17.7. The van der Waals surface area contributed by atoms with E-state index >= 15 is 0 Å². The number of sulfonamides is 1. The standard InChI is InChI=1S/C22H30N2O4S/c1-6-20(18-11-14-21(28-5)16(4)15-18)23-22(25)17-9-12-19(13-10-17)24(7-2)29(26,27)8-3/h9-15,20H,6-8H2,1-5H3,(H,23,25). The molecule has 158 valence electrons. The summed E-state index contributed by atoms with van der Waals surface area (Å²) in [4.78, 5) is 12.7. The Balaban J connectivity index is 2.18. The first-order valence-corrected chi connectivity index (χ1v) is 11.4. The predicted octanol–water partition coefficient (Wildman–Crippen LogP) is 4.06. The van der Waals surface area contributed by atoms with Crippen LogP contribution in [0.2, 0.25) is 0 Å². The van der Waals surface area contributed by atoms with Crippen LogP contribution in [0.3, 0.4) is 0 Å². The van der Waals surface area contributed by atoms with E-state index in [1.807, 2.05) is 32.0 Å². The van der Waals surface area contributed by atoms with Gasteiger partial charge in [-0.05, 0) is 68.7 Å². The third kappa shape index (κ3) is 5.29. The second kappa shape index (κ2) is 9.78. The maximum Gasteiger partial charge on any atom is 0.251 e. The fraction of sp³-hybridized carbons (Fsp3) is 0.409. The summed E-state index contributed by atoms with van der Waals surface area (Å²) < 4.78 is 31.1. The van der Waals surface area contributed by atoms with Crippen molar-refractivity contribution in [1.82, 2.24) is 5.32 Å². The molecule has 6 nitrogen and oxygen atoms in total. The number of rotatable bonds is 9. The Kier molecular flexibility index (Phi) is 7.67. The van der Waals surface area contributed by atoms with Crippen molar-refractivity contribution in [2.24, 2.45) is 0 Å². The summed E-state index contributed by atoms with van der Waals surface area (Å²) in [5.74, 6) is 0.647. The average molecular weight is 419 g/mol. The molecule has 0 fully saturated rings. The molecule has 0 radical (unpaired) electrons. The first kappa shape index (κ1) is 22.7. The monoisotopic (exact) mass is 418 g/mol. The molecule has 1 unspecified atom stereocenters. The van der Waals surface area contributed by atoms with Gasteiger partial charge in [0.15, 0.2) is 0 Å². The molecule has 7 heteroatoms. The van der Waals surface area contributed by atoms with Gasteiger partial charge in [-0.15, -0.1) is 0 Å². The Bertz CT molecular complexity index is 940. The number of benzene rings is 2. The fourth-order valence-electron chi connectivity index (χ4n) is 3.26. The molecule has 0 aliphatic rings. The van der Waals surface area contributed by atoms with Gasteiger partial charge in [0.25, 0.3) is 5.91 Å². The summed E-state index contributed by atoms with van der Waals surface area (Å²) in [7, 11) is -1.71. The molecule has 1 amide bonds. The number of amides is 1. The van der Waals surface area contributed by atoms with Crippen LogP contribution in [-0.4, -0.2) is 33.7 Å². The van der Waals surface area contributed by atoms with Crippen LogP contribution in [0.1, 0.15) is 54.7 Å². The Morgan fingerprint density at radius 2 is 1.76 bits per heavy atom. The van der Waals surface area contributed by atoms with E-state index in [9.17, 15) is 13.2 Å². The van der Waals surface area contributed by atoms with Crippen LogP contribution >= 0.6 is 0 Å². The van der Waals surface area contributed by atoms with Crippen molar-refractivity contribution in [1.29, 1.82) is 0 Å². The van der Waals surface area contributed by atoms with Crippen molar-refractivity contribution in [3.8, 4) is 5.75 Å². The van der Waals surface area contributed by atoms with E-state index in [1.54, 1.807) is 45.2 Å². The topological polar surface area (TPSA) is 75.7 Å². The molecule has 29 heavy (non-hydrogen) atoms. The minimum atomic E-state index is -3.34. The minimum absolute atomic E-state index is 0.0303. The molecule has 0 bridgehead atoms. The third-order valence-electron chi connectivity index (χ3n) is 4.94. The summed E-state index contributed by atoms with van der Waals surface area (Å²) in [5, 5.41) is 3.06. The Morgan fingerprint density at radius 3 is 2.24 bits per heavy atom.